The van der Waals surface area contributed by atoms with Gasteiger partial charge in [-0.1, -0.05) is 16.8 Å². The fourth-order valence-electron chi connectivity index (χ4n) is 1.85. The van der Waals surface area contributed by atoms with Crippen LogP contribution < -0.4 is 0 Å². The van der Waals surface area contributed by atoms with Crippen molar-refractivity contribution in [3.8, 4) is 0 Å². The van der Waals surface area contributed by atoms with Crippen molar-refractivity contribution in [2.75, 3.05) is 0 Å². The number of nitrogens with zero attached hydrogens (tertiary/aromatic N) is 4. The first-order chi connectivity index (χ1) is 9.19. The molecular weight excluding hydrogens is 294 g/mol. The van der Waals surface area contributed by atoms with E-state index in [0.717, 1.165) is 0 Å². The second-order valence-corrected chi connectivity index (χ2v) is 4.52. The number of imidazole rings is 1. The van der Waals surface area contributed by atoms with E-state index in [1.165, 1.54) is 18.5 Å². The van der Waals surface area contributed by atoms with Crippen LogP contribution in [0.1, 0.15) is 11.6 Å². The van der Waals surface area contributed by atoms with E-state index < -0.39 is 5.82 Å². The smallest absolute Gasteiger partial charge is 0.213 e. The van der Waals surface area contributed by atoms with E-state index in [1.54, 1.807) is 4.57 Å². The zero-order chi connectivity index (χ0) is 13.4. The Morgan fingerprint density at radius 2 is 2.21 bits per heavy atom. The Balaban J connectivity index is 2.17. The normalized spacial score (nSPS) is 11.3. The number of hydrogen-bond donors (Lipinski definition) is 0. The molecule has 3 rings (SSSR count). The maximum Gasteiger partial charge on any atom is 0.213 e. The summed E-state index contributed by atoms with van der Waals surface area (Å²) < 4.78 is 19.9. The monoisotopic (exact) mass is 300 g/mol. The number of aromatic nitrogens is 4. The Bertz CT molecular complexity index is 726. The van der Waals surface area contributed by atoms with Crippen molar-refractivity contribution >= 4 is 34.2 Å². The fraction of sp³-hybridized carbons (Fsp3) is 0.182. The molecule has 1 aromatic carbocycles. The molecule has 0 aliphatic heterocycles. The maximum atomic E-state index is 13.4. The number of halogens is 3. The van der Waals surface area contributed by atoms with Gasteiger partial charge in [0.15, 0.2) is 5.82 Å². The summed E-state index contributed by atoms with van der Waals surface area (Å²) in [5, 5.41) is 3.76. The highest BCUT2D eigenvalue weighted by atomic mass is 35.5. The summed E-state index contributed by atoms with van der Waals surface area (Å²) in [6, 6.07) is 2.79. The molecule has 0 saturated carbocycles. The van der Waals surface area contributed by atoms with Gasteiger partial charge in [0.25, 0.3) is 0 Å². The molecule has 3 aromatic rings. The molecule has 0 atom stereocenters. The Morgan fingerprint density at radius 1 is 1.37 bits per heavy atom. The molecular formula is C11H7Cl2FN4O. The molecule has 8 heteroatoms. The number of fused-ring (bicyclic) bond motifs is 1. The molecule has 2 heterocycles. The van der Waals surface area contributed by atoms with Crippen molar-refractivity contribution in [3.63, 3.8) is 0 Å². The highest BCUT2D eigenvalue weighted by Crippen LogP contribution is 2.25. The van der Waals surface area contributed by atoms with Gasteiger partial charge in [0.1, 0.15) is 11.6 Å². The molecule has 0 aliphatic carbocycles. The van der Waals surface area contributed by atoms with Gasteiger partial charge in [0, 0.05) is 6.07 Å². The lowest BCUT2D eigenvalue weighted by atomic mass is 10.3. The van der Waals surface area contributed by atoms with Crippen LogP contribution in [0.3, 0.4) is 0 Å². The third-order valence-electron chi connectivity index (χ3n) is 2.70. The summed E-state index contributed by atoms with van der Waals surface area (Å²) in [7, 11) is 0. The number of hydrogen-bond acceptors (Lipinski definition) is 4. The first-order valence-electron chi connectivity index (χ1n) is 5.34. The van der Waals surface area contributed by atoms with E-state index in [2.05, 4.69) is 19.6 Å². The van der Waals surface area contributed by atoms with Gasteiger partial charge in [-0.2, -0.15) is 4.98 Å². The Hall–Kier alpha value is -1.66. The first-order valence-corrected chi connectivity index (χ1v) is 6.25. The van der Waals surface area contributed by atoms with E-state index in [4.69, 9.17) is 23.2 Å². The lowest BCUT2D eigenvalue weighted by Crippen LogP contribution is -2.05. The van der Waals surface area contributed by atoms with E-state index >= 15 is 0 Å². The maximum absolute atomic E-state index is 13.4. The van der Waals surface area contributed by atoms with Gasteiger partial charge in [0.05, 0.1) is 28.5 Å². The molecule has 0 bridgehead atoms. The highest BCUT2D eigenvalue weighted by Gasteiger charge is 2.14. The predicted molar refractivity (Wildman–Crippen MR) is 67.7 cm³/mol. The topological polar surface area (TPSA) is 56.7 Å². The molecule has 0 fully saturated rings. The van der Waals surface area contributed by atoms with E-state index in [0.29, 0.717) is 29.2 Å². The first kappa shape index (κ1) is 12.4. The predicted octanol–water partition coefficient (Wildman–Crippen LogP) is 3.00. The van der Waals surface area contributed by atoms with Crippen LogP contribution in [0.15, 0.2) is 23.0 Å². The Labute approximate surface area is 116 Å². The standard InChI is InChI=1S/C11H7Cl2FN4O/c12-3-11-16-8-2-7(14)6(13)1-9(8)18(11)4-10-15-5-19-17-10/h1-2,5H,3-4H2. The van der Waals surface area contributed by atoms with Gasteiger partial charge in [0.2, 0.25) is 6.39 Å². The molecule has 2 aromatic heterocycles. The van der Waals surface area contributed by atoms with Crippen LogP contribution in [-0.2, 0) is 12.4 Å². The molecule has 0 aliphatic rings. The van der Waals surface area contributed by atoms with Gasteiger partial charge >= 0.3 is 0 Å². The van der Waals surface area contributed by atoms with Gasteiger partial charge in [-0.25, -0.2) is 9.37 Å². The third kappa shape index (κ3) is 2.17. The van der Waals surface area contributed by atoms with E-state index in [-0.39, 0.29) is 10.9 Å². The summed E-state index contributed by atoms with van der Waals surface area (Å²) in [5.74, 6) is 0.736. The Morgan fingerprint density at radius 3 is 2.89 bits per heavy atom. The van der Waals surface area contributed by atoms with Crippen LogP contribution in [-0.4, -0.2) is 19.7 Å². The van der Waals surface area contributed by atoms with Crippen molar-refractivity contribution < 1.29 is 8.91 Å². The minimum atomic E-state index is -0.514. The van der Waals surface area contributed by atoms with Gasteiger partial charge in [-0.3, -0.25) is 0 Å². The zero-order valence-electron chi connectivity index (χ0n) is 9.48. The quantitative estimate of drug-likeness (QED) is 0.698. The number of benzene rings is 1. The van der Waals surface area contributed by atoms with Crippen molar-refractivity contribution in [1.82, 2.24) is 19.7 Å². The SMILES string of the molecule is Fc1cc2nc(CCl)n(Cc3ncon3)c2cc1Cl. The van der Waals surface area contributed by atoms with Crippen molar-refractivity contribution in [1.29, 1.82) is 0 Å². The van der Waals surface area contributed by atoms with Crippen LogP contribution in [0, 0.1) is 5.82 Å². The fourth-order valence-corrected chi connectivity index (χ4v) is 2.21. The Kier molecular flexibility index (Phi) is 3.12. The second kappa shape index (κ2) is 4.79. The van der Waals surface area contributed by atoms with Gasteiger partial charge in [-0.15, -0.1) is 11.6 Å². The van der Waals surface area contributed by atoms with Crippen molar-refractivity contribution in [2.45, 2.75) is 12.4 Å². The summed E-state index contributed by atoms with van der Waals surface area (Å²) in [6.45, 7) is 0.330. The van der Waals surface area contributed by atoms with Crippen LogP contribution in [0.25, 0.3) is 11.0 Å². The zero-order valence-corrected chi connectivity index (χ0v) is 11.0. The molecule has 0 saturated heterocycles. The van der Waals surface area contributed by atoms with Crippen LogP contribution in [0.5, 0.6) is 0 Å². The van der Waals surface area contributed by atoms with Crippen LogP contribution in [0.4, 0.5) is 4.39 Å². The van der Waals surface area contributed by atoms with Crippen LogP contribution >= 0.6 is 23.2 Å². The van der Waals surface area contributed by atoms with Crippen LogP contribution in [0.2, 0.25) is 5.02 Å². The number of alkyl halides is 1. The second-order valence-electron chi connectivity index (χ2n) is 3.85. The average Bonchev–Trinajstić information content (AvgIpc) is 3.00. The molecule has 98 valence electrons. The summed E-state index contributed by atoms with van der Waals surface area (Å²) in [5.41, 5.74) is 1.16. The van der Waals surface area contributed by atoms with Gasteiger partial charge in [-0.05, 0) is 6.07 Å². The largest absolute Gasteiger partial charge is 0.343 e. The third-order valence-corrected chi connectivity index (χ3v) is 3.22. The summed E-state index contributed by atoms with van der Waals surface area (Å²) in [4.78, 5) is 8.20. The molecule has 0 spiro atoms. The summed E-state index contributed by atoms with van der Waals surface area (Å²) >= 11 is 11.6. The number of rotatable bonds is 3. The van der Waals surface area contributed by atoms with Crippen molar-refractivity contribution in [3.05, 3.63) is 41.0 Å². The molecule has 0 radical (unpaired) electrons. The van der Waals surface area contributed by atoms with E-state index in [9.17, 15) is 4.39 Å². The minimum Gasteiger partial charge on any atom is -0.343 e. The molecule has 19 heavy (non-hydrogen) atoms. The molecule has 5 nitrogen and oxygen atoms in total. The molecule has 0 N–H and O–H groups in total. The molecule has 0 amide bonds. The average molecular weight is 301 g/mol. The minimum absolute atomic E-state index is 0.0304. The molecule has 0 unspecified atom stereocenters. The summed E-state index contributed by atoms with van der Waals surface area (Å²) in [6.07, 6.45) is 1.24. The van der Waals surface area contributed by atoms with E-state index in [1.807, 2.05) is 0 Å². The lowest BCUT2D eigenvalue weighted by Gasteiger charge is -2.04. The van der Waals surface area contributed by atoms with Gasteiger partial charge < -0.3 is 9.09 Å². The lowest BCUT2D eigenvalue weighted by molar-refractivity contribution is 0.408. The highest BCUT2D eigenvalue weighted by molar-refractivity contribution is 6.31. The van der Waals surface area contributed by atoms with Crippen molar-refractivity contribution in [2.24, 2.45) is 0 Å².